The topological polar surface area (TPSA) is 0 Å². The summed E-state index contributed by atoms with van der Waals surface area (Å²) in [6, 6.07) is 11.2. The lowest BCUT2D eigenvalue weighted by Gasteiger charge is -2.36. The first-order chi connectivity index (χ1) is 8.93. The summed E-state index contributed by atoms with van der Waals surface area (Å²) in [7, 11) is 0. The van der Waals surface area contributed by atoms with Gasteiger partial charge in [0.05, 0.1) is 0 Å². The number of benzene rings is 1. The SMILES string of the molecule is c1ccc([C@H]2CC[C@H](C3CCCCC3)CC2)cc1. The number of hydrogen-bond donors (Lipinski definition) is 0. The van der Waals surface area contributed by atoms with Gasteiger partial charge in [-0.1, -0.05) is 62.4 Å². The van der Waals surface area contributed by atoms with Crippen molar-refractivity contribution in [2.75, 3.05) is 0 Å². The average Bonchev–Trinajstić information content (AvgIpc) is 2.49. The predicted molar refractivity (Wildman–Crippen MR) is 77.7 cm³/mol. The Kier molecular flexibility index (Phi) is 4.02. The second-order valence-corrected chi connectivity index (χ2v) is 6.42. The molecule has 0 unspecified atom stereocenters. The molecule has 0 amide bonds. The third kappa shape index (κ3) is 2.79. The molecule has 0 atom stereocenters. The number of rotatable bonds is 2. The van der Waals surface area contributed by atoms with E-state index in [1.54, 1.807) is 5.56 Å². The van der Waals surface area contributed by atoms with Gasteiger partial charge in [0.15, 0.2) is 0 Å². The van der Waals surface area contributed by atoms with Gasteiger partial charge in [-0.25, -0.2) is 0 Å². The summed E-state index contributed by atoms with van der Waals surface area (Å²) in [6.07, 6.45) is 13.4. The molecule has 0 heterocycles. The zero-order valence-electron chi connectivity index (χ0n) is 11.5. The van der Waals surface area contributed by atoms with Crippen molar-refractivity contribution in [3.63, 3.8) is 0 Å². The summed E-state index contributed by atoms with van der Waals surface area (Å²) >= 11 is 0. The monoisotopic (exact) mass is 242 g/mol. The molecule has 0 saturated heterocycles. The lowest BCUT2D eigenvalue weighted by Crippen LogP contribution is -2.22. The van der Waals surface area contributed by atoms with E-state index >= 15 is 0 Å². The Bertz CT molecular complexity index is 340. The maximum atomic E-state index is 2.33. The third-order valence-corrected chi connectivity index (χ3v) is 5.36. The van der Waals surface area contributed by atoms with Gasteiger partial charge in [-0.3, -0.25) is 0 Å². The molecule has 98 valence electrons. The van der Waals surface area contributed by atoms with Gasteiger partial charge in [-0.05, 0) is 49.0 Å². The summed E-state index contributed by atoms with van der Waals surface area (Å²) in [5.41, 5.74) is 1.58. The van der Waals surface area contributed by atoms with Crippen LogP contribution in [0.4, 0.5) is 0 Å². The van der Waals surface area contributed by atoms with Crippen LogP contribution in [0.25, 0.3) is 0 Å². The van der Waals surface area contributed by atoms with E-state index in [1.807, 2.05) is 0 Å². The van der Waals surface area contributed by atoms with Crippen LogP contribution >= 0.6 is 0 Å². The zero-order chi connectivity index (χ0) is 12.2. The fourth-order valence-corrected chi connectivity index (χ4v) is 4.25. The summed E-state index contributed by atoms with van der Waals surface area (Å²) in [5, 5.41) is 0. The highest BCUT2D eigenvalue weighted by atomic mass is 14.3. The smallest absolute Gasteiger partial charge is 0.0162 e. The molecule has 2 fully saturated rings. The van der Waals surface area contributed by atoms with Gasteiger partial charge >= 0.3 is 0 Å². The summed E-state index contributed by atoms with van der Waals surface area (Å²) in [5.74, 6) is 2.99. The molecular formula is C18H26. The molecule has 2 aliphatic carbocycles. The maximum absolute atomic E-state index is 2.33. The minimum atomic E-state index is 0.853. The van der Waals surface area contributed by atoms with E-state index in [1.165, 1.54) is 57.8 Å². The Morgan fingerprint density at radius 2 is 1.22 bits per heavy atom. The van der Waals surface area contributed by atoms with Crippen molar-refractivity contribution in [1.29, 1.82) is 0 Å². The highest BCUT2D eigenvalue weighted by Crippen LogP contribution is 2.42. The molecule has 2 saturated carbocycles. The van der Waals surface area contributed by atoms with Crippen LogP contribution in [0.1, 0.15) is 69.3 Å². The quantitative estimate of drug-likeness (QED) is 0.638. The molecule has 2 aliphatic rings. The molecule has 18 heavy (non-hydrogen) atoms. The Balaban J connectivity index is 1.54. The standard InChI is InChI=1S/C18H26/c1-3-7-15(8-4-1)17-11-13-18(14-12-17)16-9-5-2-6-10-16/h1,3-4,7-8,16-18H,2,5-6,9-14H2/t17-,18-. The van der Waals surface area contributed by atoms with Crippen molar-refractivity contribution < 1.29 is 0 Å². The molecule has 0 radical (unpaired) electrons. The van der Waals surface area contributed by atoms with Crippen LogP contribution in [0.5, 0.6) is 0 Å². The van der Waals surface area contributed by atoms with Crippen LogP contribution in [0.15, 0.2) is 30.3 Å². The third-order valence-electron chi connectivity index (χ3n) is 5.36. The van der Waals surface area contributed by atoms with Crippen molar-refractivity contribution in [3.05, 3.63) is 35.9 Å². The molecule has 3 rings (SSSR count). The second-order valence-electron chi connectivity index (χ2n) is 6.42. The van der Waals surface area contributed by atoms with Crippen molar-refractivity contribution in [1.82, 2.24) is 0 Å². The molecule has 0 aliphatic heterocycles. The van der Waals surface area contributed by atoms with Crippen molar-refractivity contribution in [2.45, 2.75) is 63.7 Å². The highest BCUT2D eigenvalue weighted by Gasteiger charge is 2.28. The van der Waals surface area contributed by atoms with Crippen LogP contribution in [-0.2, 0) is 0 Å². The lowest BCUT2D eigenvalue weighted by atomic mass is 9.70. The van der Waals surface area contributed by atoms with Gasteiger partial charge in [-0.15, -0.1) is 0 Å². The largest absolute Gasteiger partial charge is 0.0622 e. The second kappa shape index (κ2) is 5.91. The lowest BCUT2D eigenvalue weighted by molar-refractivity contribution is 0.186. The molecule has 0 aromatic heterocycles. The molecule has 0 spiro atoms. The highest BCUT2D eigenvalue weighted by molar-refractivity contribution is 5.19. The predicted octanol–water partition coefficient (Wildman–Crippen LogP) is 5.54. The van der Waals surface area contributed by atoms with E-state index in [9.17, 15) is 0 Å². The van der Waals surface area contributed by atoms with Gasteiger partial charge in [0.1, 0.15) is 0 Å². The van der Waals surface area contributed by atoms with Crippen molar-refractivity contribution >= 4 is 0 Å². The van der Waals surface area contributed by atoms with Crippen LogP contribution < -0.4 is 0 Å². The van der Waals surface area contributed by atoms with Crippen molar-refractivity contribution in [3.8, 4) is 0 Å². The molecule has 1 aromatic carbocycles. The summed E-state index contributed by atoms with van der Waals surface area (Å²) < 4.78 is 0. The van der Waals surface area contributed by atoms with E-state index in [2.05, 4.69) is 30.3 Å². The van der Waals surface area contributed by atoms with Crippen LogP contribution in [0.2, 0.25) is 0 Å². The molecule has 0 nitrogen and oxygen atoms in total. The van der Waals surface area contributed by atoms with Gasteiger partial charge in [0.2, 0.25) is 0 Å². The molecule has 1 aromatic rings. The summed E-state index contributed by atoms with van der Waals surface area (Å²) in [6.45, 7) is 0. The Labute approximate surface area is 112 Å². The fourth-order valence-electron chi connectivity index (χ4n) is 4.25. The Morgan fingerprint density at radius 1 is 0.611 bits per heavy atom. The molecule has 0 bridgehead atoms. The van der Waals surface area contributed by atoms with Crippen LogP contribution in [-0.4, -0.2) is 0 Å². The first kappa shape index (κ1) is 12.3. The minimum absolute atomic E-state index is 0.853. The van der Waals surface area contributed by atoms with Crippen LogP contribution in [0, 0.1) is 11.8 Å². The Morgan fingerprint density at radius 3 is 1.89 bits per heavy atom. The van der Waals surface area contributed by atoms with E-state index in [0.29, 0.717) is 0 Å². The van der Waals surface area contributed by atoms with E-state index in [4.69, 9.17) is 0 Å². The normalized spacial score (nSPS) is 30.2. The summed E-state index contributed by atoms with van der Waals surface area (Å²) in [4.78, 5) is 0. The van der Waals surface area contributed by atoms with Gasteiger partial charge in [0, 0.05) is 0 Å². The maximum Gasteiger partial charge on any atom is -0.0162 e. The Hall–Kier alpha value is -0.780. The number of hydrogen-bond acceptors (Lipinski definition) is 0. The van der Waals surface area contributed by atoms with E-state index in [-0.39, 0.29) is 0 Å². The van der Waals surface area contributed by atoms with Crippen molar-refractivity contribution in [2.24, 2.45) is 11.8 Å². The average molecular weight is 242 g/mol. The molecular weight excluding hydrogens is 216 g/mol. The fraction of sp³-hybridized carbons (Fsp3) is 0.667. The minimum Gasteiger partial charge on any atom is -0.0622 e. The first-order valence-electron chi connectivity index (χ1n) is 7.98. The first-order valence-corrected chi connectivity index (χ1v) is 7.98. The van der Waals surface area contributed by atoms with E-state index in [0.717, 1.165) is 17.8 Å². The van der Waals surface area contributed by atoms with E-state index < -0.39 is 0 Å². The van der Waals surface area contributed by atoms with Gasteiger partial charge < -0.3 is 0 Å². The van der Waals surface area contributed by atoms with Gasteiger partial charge in [-0.2, -0.15) is 0 Å². The molecule has 0 N–H and O–H groups in total. The van der Waals surface area contributed by atoms with Crippen LogP contribution in [0.3, 0.4) is 0 Å². The van der Waals surface area contributed by atoms with Gasteiger partial charge in [0.25, 0.3) is 0 Å². The zero-order valence-corrected chi connectivity index (χ0v) is 11.5. The molecule has 0 heteroatoms.